The lowest BCUT2D eigenvalue weighted by Gasteiger charge is -2.18. The van der Waals surface area contributed by atoms with Crippen LogP contribution in [0.1, 0.15) is 10.4 Å². The van der Waals surface area contributed by atoms with Crippen molar-refractivity contribution in [3.05, 3.63) is 58.3 Å². The van der Waals surface area contributed by atoms with Crippen LogP contribution in [-0.4, -0.2) is 13.0 Å². The number of para-hydroxylation sites is 1. The summed E-state index contributed by atoms with van der Waals surface area (Å²) < 4.78 is 14.4. The smallest absolute Gasteiger partial charge is 0.258 e. The van der Waals surface area contributed by atoms with Gasteiger partial charge in [0.25, 0.3) is 5.91 Å². The van der Waals surface area contributed by atoms with Crippen molar-refractivity contribution in [1.82, 2.24) is 0 Å². The minimum Gasteiger partial charge on any atom is -0.398 e. The molecule has 2 aromatic carbocycles. The molecule has 0 radical (unpaired) electrons. The van der Waals surface area contributed by atoms with E-state index in [4.69, 9.17) is 5.73 Å². The molecule has 0 unspecified atom stereocenters. The number of carbonyl (C=O) groups excluding carboxylic acids is 1. The maximum Gasteiger partial charge on any atom is 0.258 e. The fourth-order valence-electron chi connectivity index (χ4n) is 1.70. The summed E-state index contributed by atoms with van der Waals surface area (Å²) in [6.07, 6.45) is 0. The highest BCUT2D eigenvalue weighted by atomic mass is 79.9. The highest BCUT2D eigenvalue weighted by Crippen LogP contribution is 2.23. The van der Waals surface area contributed by atoms with Gasteiger partial charge in [-0.25, -0.2) is 4.39 Å². The molecule has 0 saturated heterocycles. The Balaban J connectivity index is 2.34. The average molecular weight is 323 g/mol. The molecule has 0 bridgehead atoms. The molecule has 2 rings (SSSR count). The first-order valence-corrected chi connectivity index (χ1v) is 6.37. The van der Waals surface area contributed by atoms with E-state index in [0.717, 1.165) is 4.47 Å². The molecular formula is C14H12BrFN2O. The van der Waals surface area contributed by atoms with Gasteiger partial charge in [-0.15, -0.1) is 0 Å². The SMILES string of the molecule is CN(C(=O)c1ccc(Br)c(N)c1)c1ccccc1F. The van der Waals surface area contributed by atoms with Crippen molar-refractivity contribution in [2.45, 2.75) is 0 Å². The van der Waals surface area contributed by atoms with Crippen molar-refractivity contribution in [2.75, 3.05) is 17.7 Å². The Morgan fingerprint density at radius 2 is 1.95 bits per heavy atom. The van der Waals surface area contributed by atoms with Crippen LogP contribution in [0.5, 0.6) is 0 Å². The van der Waals surface area contributed by atoms with Gasteiger partial charge in [-0.3, -0.25) is 4.79 Å². The first-order chi connectivity index (χ1) is 9.00. The molecule has 0 aliphatic rings. The lowest BCUT2D eigenvalue weighted by atomic mass is 10.1. The molecule has 0 atom stereocenters. The molecule has 0 aromatic heterocycles. The predicted molar refractivity (Wildman–Crippen MR) is 77.7 cm³/mol. The van der Waals surface area contributed by atoms with Crippen molar-refractivity contribution < 1.29 is 9.18 Å². The molecule has 2 aromatic rings. The Morgan fingerprint density at radius 3 is 2.58 bits per heavy atom. The van der Waals surface area contributed by atoms with Gasteiger partial charge in [0.15, 0.2) is 0 Å². The van der Waals surface area contributed by atoms with E-state index >= 15 is 0 Å². The Kier molecular flexibility index (Phi) is 3.85. The maximum absolute atomic E-state index is 13.6. The fourth-order valence-corrected chi connectivity index (χ4v) is 1.95. The number of amides is 1. The van der Waals surface area contributed by atoms with Gasteiger partial charge in [0.05, 0.1) is 5.69 Å². The summed E-state index contributed by atoms with van der Waals surface area (Å²) >= 11 is 3.26. The van der Waals surface area contributed by atoms with Gasteiger partial charge >= 0.3 is 0 Å². The van der Waals surface area contributed by atoms with Crippen LogP contribution >= 0.6 is 15.9 Å². The Bertz CT molecular complexity index is 631. The van der Waals surface area contributed by atoms with Crippen LogP contribution in [0.15, 0.2) is 46.9 Å². The van der Waals surface area contributed by atoms with Crippen LogP contribution in [0.4, 0.5) is 15.8 Å². The highest BCUT2D eigenvalue weighted by Gasteiger charge is 2.16. The third kappa shape index (κ3) is 2.76. The fraction of sp³-hybridized carbons (Fsp3) is 0.0714. The summed E-state index contributed by atoms with van der Waals surface area (Å²) in [5, 5.41) is 0. The van der Waals surface area contributed by atoms with E-state index in [9.17, 15) is 9.18 Å². The summed E-state index contributed by atoms with van der Waals surface area (Å²) in [7, 11) is 1.53. The molecular weight excluding hydrogens is 311 g/mol. The number of anilines is 2. The summed E-state index contributed by atoms with van der Waals surface area (Å²) in [5.41, 5.74) is 6.84. The first-order valence-electron chi connectivity index (χ1n) is 5.58. The van der Waals surface area contributed by atoms with Crippen molar-refractivity contribution in [3.8, 4) is 0 Å². The van der Waals surface area contributed by atoms with Gasteiger partial charge in [0, 0.05) is 22.8 Å². The molecule has 0 aliphatic carbocycles. The van der Waals surface area contributed by atoms with Gasteiger partial charge in [0.1, 0.15) is 5.82 Å². The monoisotopic (exact) mass is 322 g/mol. The van der Waals surface area contributed by atoms with Crippen LogP contribution < -0.4 is 10.6 Å². The van der Waals surface area contributed by atoms with E-state index in [1.165, 1.54) is 18.0 Å². The van der Waals surface area contributed by atoms with Gasteiger partial charge in [-0.1, -0.05) is 12.1 Å². The maximum atomic E-state index is 13.6. The third-order valence-corrected chi connectivity index (χ3v) is 3.48. The minimum absolute atomic E-state index is 0.231. The summed E-state index contributed by atoms with van der Waals surface area (Å²) in [6, 6.07) is 11.0. The average Bonchev–Trinajstić information content (AvgIpc) is 2.41. The van der Waals surface area contributed by atoms with Crippen LogP contribution in [-0.2, 0) is 0 Å². The Morgan fingerprint density at radius 1 is 1.26 bits per heavy atom. The number of benzene rings is 2. The van der Waals surface area contributed by atoms with Gasteiger partial charge in [-0.05, 0) is 46.3 Å². The zero-order chi connectivity index (χ0) is 14.0. The first kappa shape index (κ1) is 13.5. The number of nitrogens with zero attached hydrogens (tertiary/aromatic N) is 1. The molecule has 0 fully saturated rings. The van der Waals surface area contributed by atoms with Crippen LogP contribution in [0.3, 0.4) is 0 Å². The normalized spacial score (nSPS) is 10.3. The van der Waals surface area contributed by atoms with E-state index < -0.39 is 5.82 Å². The third-order valence-electron chi connectivity index (χ3n) is 2.76. The molecule has 19 heavy (non-hydrogen) atoms. The van der Waals surface area contributed by atoms with E-state index in [0.29, 0.717) is 11.3 Å². The molecule has 3 nitrogen and oxygen atoms in total. The molecule has 0 heterocycles. The van der Waals surface area contributed by atoms with E-state index in [2.05, 4.69) is 15.9 Å². The highest BCUT2D eigenvalue weighted by molar-refractivity contribution is 9.10. The van der Waals surface area contributed by atoms with Crippen LogP contribution in [0.25, 0.3) is 0 Å². The number of hydrogen-bond acceptors (Lipinski definition) is 2. The number of hydrogen-bond donors (Lipinski definition) is 1. The largest absolute Gasteiger partial charge is 0.398 e. The van der Waals surface area contributed by atoms with Crippen molar-refractivity contribution >= 4 is 33.2 Å². The Labute approximate surface area is 119 Å². The standard InChI is InChI=1S/C14H12BrFN2O/c1-18(13-5-3-2-4-11(13)16)14(19)9-6-7-10(15)12(17)8-9/h2-8H,17H2,1H3. The lowest BCUT2D eigenvalue weighted by molar-refractivity contribution is 0.0992. The topological polar surface area (TPSA) is 46.3 Å². The molecule has 2 N–H and O–H groups in total. The lowest BCUT2D eigenvalue weighted by Crippen LogP contribution is -2.27. The Hall–Kier alpha value is -1.88. The second kappa shape index (κ2) is 5.40. The summed E-state index contributed by atoms with van der Waals surface area (Å²) in [5.74, 6) is -0.757. The van der Waals surface area contributed by atoms with Crippen LogP contribution in [0, 0.1) is 5.82 Å². The number of halogens is 2. The van der Waals surface area contributed by atoms with Crippen LogP contribution in [0.2, 0.25) is 0 Å². The number of rotatable bonds is 2. The van der Waals surface area contributed by atoms with Gasteiger partial charge in [-0.2, -0.15) is 0 Å². The number of nitrogen functional groups attached to an aromatic ring is 1. The second-order valence-corrected chi connectivity index (χ2v) is 4.91. The summed E-state index contributed by atoms with van der Waals surface area (Å²) in [4.78, 5) is 13.5. The zero-order valence-electron chi connectivity index (χ0n) is 10.2. The summed E-state index contributed by atoms with van der Waals surface area (Å²) in [6.45, 7) is 0. The quantitative estimate of drug-likeness (QED) is 0.861. The molecule has 98 valence electrons. The minimum atomic E-state index is -0.441. The van der Waals surface area contributed by atoms with Gasteiger partial charge < -0.3 is 10.6 Å². The van der Waals surface area contributed by atoms with Crippen molar-refractivity contribution in [1.29, 1.82) is 0 Å². The number of carbonyl (C=O) groups is 1. The van der Waals surface area contributed by atoms with E-state index in [1.807, 2.05) is 0 Å². The van der Waals surface area contributed by atoms with E-state index in [-0.39, 0.29) is 11.6 Å². The predicted octanol–water partition coefficient (Wildman–Crippen LogP) is 3.45. The van der Waals surface area contributed by atoms with E-state index in [1.54, 1.807) is 36.4 Å². The number of nitrogens with two attached hydrogens (primary N) is 1. The molecule has 5 heteroatoms. The zero-order valence-corrected chi connectivity index (χ0v) is 11.8. The van der Waals surface area contributed by atoms with Gasteiger partial charge in [0.2, 0.25) is 0 Å². The van der Waals surface area contributed by atoms with Crippen molar-refractivity contribution in [2.24, 2.45) is 0 Å². The molecule has 0 spiro atoms. The molecule has 1 amide bonds. The molecule has 0 aliphatic heterocycles. The molecule has 0 saturated carbocycles. The van der Waals surface area contributed by atoms with Crippen molar-refractivity contribution in [3.63, 3.8) is 0 Å². The second-order valence-electron chi connectivity index (χ2n) is 4.05.